The van der Waals surface area contributed by atoms with Gasteiger partial charge < -0.3 is 20.3 Å². The van der Waals surface area contributed by atoms with Crippen LogP contribution in [-0.4, -0.2) is 60.6 Å². The minimum absolute atomic E-state index is 0.0143. The van der Waals surface area contributed by atoms with Gasteiger partial charge in [-0.2, -0.15) is 0 Å². The van der Waals surface area contributed by atoms with Crippen molar-refractivity contribution < 1.29 is 14.3 Å². The molecule has 2 fully saturated rings. The molecule has 7 heteroatoms. The zero-order valence-electron chi connectivity index (χ0n) is 18.5. The first-order valence-electron chi connectivity index (χ1n) is 11.4. The minimum atomic E-state index is -0.200. The van der Waals surface area contributed by atoms with Crippen LogP contribution < -0.4 is 10.6 Å². The van der Waals surface area contributed by atoms with Crippen LogP contribution in [0.15, 0.2) is 54.6 Å². The average Bonchev–Trinajstić information content (AvgIpc) is 3.22. The zero-order chi connectivity index (χ0) is 22.2. The van der Waals surface area contributed by atoms with E-state index in [0.29, 0.717) is 32.7 Å². The van der Waals surface area contributed by atoms with Crippen molar-refractivity contribution in [1.82, 2.24) is 20.4 Å². The molecule has 2 aliphatic rings. The Hall–Kier alpha value is -2.90. The van der Waals surface area contributed by atoms with Gasteiger partial charge in [0.15, 0.2) is 0 Å². The molecule has 32 heavy (non-hydrogen) atoms. The molecule has 1 unspecified atom stereocenters. The molecule has 0 spiro atoms. The lowest BCUT2D eigenvalue weighted by Gasteiger charge is -2.33. The van der Waals surface area contributed by atoms with Crippen LogP contribution in [0.3, 0.4) is 0 Å². The standard InChI is InChI=1S/C25H32N4O3/c30-24-10-5-11-29(24)18-22-9-4-8-21(14-22)15-26-25(31)27-16-23-19-28(12-13-32-23)17-20-6-2-1-3-7-20/h1-4,6-9,14,23H,5,10-13,15-19H2,(H2,26,27,31). The number of carbonyl (C=O) groups is 2. The molecule has 0 bridgehead atoms. The van der Waals surface area contributed by atoms with E-state index in [0.717, 1.165) is 43.7 Å². The van der Waals surface area contributed by atoms with Gasteiger partial charge in [-0.05, 0) is 23.1 Å². The Kier molecular flexibility index (Phi) is 7.74. The van der Waals surface area contributed by atoms with Crippen LogP contribution in [0.2, 0.25) is 0 Å². The summed E-state index contributed by atoms with van der Waals surface area (Å²) in [5.41, 5.74) is 3.40. The monoisotopic (exact) mass is 436 g/mol. The highest BCUT2D eigenvalue weighted by atomic mass is 16.5. The topological polar surface area (TPSA) is 73.9 Å². The molecule has 0 aliphatic carbocycles. The highest BCUT2D eigenvalue weighted by Crippen LogP contribution is 2.15. The third-order valence-electron chi connectivity index (χ3n) is 5.95. The summed E-state index contributed by atoms with van der Waals surface area (Å²) in [6, 6.07) is 18.2. The van der Waals surface area contributed by atoms with Gasteiger partial charge in [0.05, 0.1) is 12.7 Å². The normalized spacial score (nSPS) is 19.2. The molecular formula is C25H32N4O3. The predicted molar refractivity (Wildman–Crippen MR) is 123 cm³/mol. The second kappa shape index (κ2) is 11.1. The Labute approximate surface area is 189 Å². The van der Waals surface area contributed by atoms with Gasteiger partial charge in [0.25, 0.3) is 0 Å². The molecule has 2 N–H and O–H groups in total. The van der Waals surface area contributed by atoms with E-state index in [2.05, 4.69) is 45.9 Å². The molecule has 1 atom stereocenters. The molecule has 0 saturated carbocycles. The SMILES string of the molecule is O=C(NCc1cccc(CN2CCCC2=O)c1)NCC1CN(Cc2ccccc2)CCO1. The van der Waals surface area contributed by atoms with E-state index >= 15 is 0 Å². The van der Waals surface area contributed by atoms with Crippen molar-refractivity contribution in [2.45, 2.75) is 38.6 Å². The van der Waals surface area contributed by atoms with Crippen LogP contribution >= 0.6 is 0 Å². The third-order valence-corrected chi connectivity index (χ3v) is 5.95. The van der Waals surface area contributed by atoms with Gasteiger partial charge >= 0.3 is 6.03 Å². The quantitative estimate of drug-likeness (QED) is 0.667. The summed E-state index contributed by atoms with van der Waals surface area (Å²) in [6.45, 7) is 5.66. The first-order chi connectivity index (χ1) is 15.7. The van der Waals surface area contributed by atoms with Crippen molar-refractivity contribution in [3.05, 3.63) is 71.3 Å². The molecule has 0 radical (unpaired) electrons. The Morgan fingerprint density at radius 1 is 0.969 bits per heavy atom. The number of urea groups is 1. The van der Waals surface area contributed by atoms with Crippen LogP contribution in [0.4, 0.5) is 4.79 Å². The van der Waals surface area contributed by atoms with E-state index in [1.54, 1.807) is 0 Å². The van der Waals surface area contributed by atoms with Crippen LogP contribution in [0.25, 0.3) is 0 Å². The maximum absolute atomic E-state index is 12.3. The lowest BCUT2D eigenvalue weighted by atomic mass is 10.1. The predicted octanol–water partition coefficient (Wildman–Crippen LogP) is 2.51. The van der Waals surface area contributed by atoms with Gasteiger partial charge in [-0.15, -0.1) is 0 Å². The molecule has 3 amide bonds. The van der Waals surface area contributed by atoms with Crippen molar-refractivity contribution in [2.75, 3.05) is 32.8 Å². The molecule has 4 rings (SSSR count). The maximum Gasteiger partial charge on any atom is 0.315 e. The summed E-state index contributed by atoms with van der Waals surface area (Å²) in [6.07, 6.45) is 1.57. The number of morpholine rings is 1. The smallest absolute Gasteiger partial charge is 0.315 e. The number of benzene rings is 2. The third kappa shape index (κ3) is 6.55. The zero-order valence-corrected chi connectivity index (χ0v) is 18.5. The van der Waals surface area contributed by atoms with Crippen molar-refractivity contribution in [3.8, 4) is 0 Å². The summed E-state index contributed by atoms with van der Waals surface area (Å²) in [5.74, 6) is 0.222. The number of nitrogens with one attached hydrogen (secondary N) is 2. The molecule has 0 aromatic heterocycles. The summed E-state index contributed by atoms with van der Waals surface area (Å²) in [7, 11) is 0. The van der Waals surface area contributed by atoms with Gasteiger partial charge in [0.2, 0.25) is 5.91 Å². The van der Waals surface area contributed by atoms with Gasteiger partial charge in [-0.1, -0.05) is 54.6 Å². The number of likely N-dealkylation sites (tertiary alicyclic amines) is 1. The molecule has 2 aromatic rings. The largest absolute Gasteiger partial charge is 0.374 e. The van der Waals surface area contributed by atoms with E-state index in [1.807, 2.05) is 29.2 Å². The summed E-state index contributed by atoms with van der Waals surface area (Å²) < 4.78 is 5.83. The van der Waals surface area contributed by atoms with Crippen molar-refractivity contribution >= 4 is 11.9 Å². The van der Waals surface area contributed by atoms with E-state index in [9.17, 15) is 9.59 Å². The Balaban J connectivity index is 1.18. The van der Waals surface area contributed by atoms with E-state index in [4.69, 9.17) is 4.74 Å². The lowest BCUT2D eigenvalue weighted by Crippen LogP contribution is -2.48. The van der Waals surface area contributed by atoms with Crippen molar-refractivity contribution in [3.63, 3.8) is 0 Å². The second-order valence-electron chi connectivity index (χ2n) is 8.52. The first-order valence-corrected chi connectivity index (χ1v) is 11.4. The van der Waals surface area contributed by atoms with Crippen LogP contribution in [0.5, 0.6) is 0 Å². The van der Waals surface area contributed by atoms with Crippen LogP contribution in [0, 0.1) is 0 Å². The maximum atomic E-state index is 12.3. The van der Waals surface area contributed by atoms with Crippen molar-refractivity contribution in [1.29, 1.82) is 0 Å². The molecular weight excluding hydrogens is 404 g/mol. The average molecular weight is 437 g/mol. The van der Waals surface area contributed by atoms with Crippen LogP contribution in [-0.2, 0) is 29.2 Å². The number of rotatable bonds is 8. The fraction of sp³-hybridized carbons (Fsp3) is 0.440. The second-order valence-corrected chi connectivity index (χ2v) is 8.52. The molecule has 2 aliphatic heterocycles. The number of hydrogen-bond donors (Lipinski definition) is 2. The van der Waals surface area contributed by atoms with Gasteiger partial charge in [-0.3, -0.25) is 9.69 Å². The van der Waals surface area contributed by atoms with Crippen LogP contribution in [0.1, 0.15) is 29.5 Å². The van der Waals surface area contributed by atoms with Gasteiger partial charge in [-0.25, -0.2) is 4.79 Å². The summed E-state index contributed by atoms with van der Waals surface area (Å²) in [4.78, 5) is 28.4. The highest BCUT2D eigenvalue weighted by Gasteiger charge is 2.21. The van der Waals surface area contributed by atoms with E-state index in [1.165, 1.54) is 5.56 Å². The number of hydrogen-bond acceptors (Lipinski definition) is 4. The van der Waals surface area contributed by atoms with Gasteiger partial charge in [0.1, 0.15) is 0 Å². The highest BCUT2D eigenvalue weighted by molar-refractivity contribution is 5.78. The Morgan fingerprint density at radius 3 is 2.59 bits per heavy atom. The minimum Gasteiger partial charge on any atom is -0.374 e. The summed E-state index contributed by atoms with van der Waals surface area (Å²) in [5, 5.41) is 5.85. The number of amides is 3. The van der Waals surface area contributed by atoms with Crippen molar-refractivity contribution in [2.24, 2.45) is 0 Å². The molecule has 2 heterocycles. The van der Waals surface area contributed by atoms with E-state index in [-0.39, 0.29) is 18.0 Å². The first kappa shape index (κ1) is 22.3. The number of carbonyl (C=O) groups excluding carboxylic acids is 2. The van der Waals surface area contributed by atoms with E-state index < -0.39 is 0 Å². The molecule has 170 valence electrons. The van der Waals surface area contributed by atoms with Gasteiger partial charge in [0, 0.05) is 52.2 Å². The Morgan fingerprint density at radius 2 is 1.78 bits per heavy atom. The molecule has 2 aromatic carbocycles. The molecule has 7 nitrogen and oxygen atoms in total. The summed E-state index contributed by atoms with van der Waals surface area (Å²) >= 11 is 0. The lowest BCUT2D eigenvalue weighted by molar-refractivity contribution is -0.128. The fourth-order valence-electron chi connectivity index (χ4n) is 4.27. The Bertz CT molecular complexity index is 905. The number of ether oxygens (including phenoxy) is 1. The number of nitrogens with zero attached hydrogens (tertiary/aromatic N) is 2. The molecule has 2 saturated heterocycles. The fourth-order valence-corrected chi connectivity index (χ4v) is 4.27.